The molecule has 2 aromatic carbocycles. The van der Waals surface area contributed by atoms with E-state index in [1.807, 2.05) is 31.2 Å². The molecule has 0 atom stereocenters. The summed E-state index contributed by atoms with van der Waals surface area (Å²) in [4.78, 5) is 0.824. The topological polar surface area (TPSA) is 35.2 Å². The highest BCUT2D eigenvalue weighted by Crippen LogP contribution is 2.22. The third-order valence-electron chi connectivity index (χ3n) is 2.54. The van der Waals surface area contributed by atoms with E-state index in [1.54, 1.807) is 6.07 Å². The number of hydrogen-bond donors (Lipinski definition) is 1. The van der Waals surface area contributed by atoms with Gasteiger partial charge in [0, 0.05) is 16.3 Å². The average Bonchev–Trinajstić information content (AvgIpc) is 2.36. The highest BCUT2D eigenvalue weighted by molar-refractivity contribution is 7.99. The quantitative estimate of drug-likeness (QED) is 0.511. The summed E-state index contributed by atoms with van der Waals surface area (Å²) in [7, 11) is 0. The number of nitrogen functional groups attached to an aromatic ring is 1. The van der Waals surface area contributed by atoms with E-state index in [9.17, 15) is 4.39 Å². The number of rotatable bonds is 5. The first kappa shape index (κ1) is 13.7. The molecule has 0 aliphatic carbocycles. The minimum atomic E-state index is -0.304. The Morgan fingerprint density at radius 3 is 2.58 bits per heavy atom. The SMILES string of the molecule is Cc1ccc(OCCSc2cc(N)cc(F)c2)cc1. The van der Waals surface area contributed by atoms with Crippen molar-refractivity contribution >= 4 is 17.4 Å². The van der Waals surface area contributed by atoms with E-state index in [-0.39, 0.29) is 5.82 Å². The van der Waals surface area contributed by atoms with Gasteiger partial charge in [0.1, 0.15) is 11.6 Å². The molecule has 0 saturated carbocycles. The molecule has 0 aliphatic rings. The molecule has 100 valence electrons. The van der Waals surface area contributed by atoms with E-state index >= 15 is 0 Å². The summed E-state index contributed by atoms with van der Waals surface area (Å²) in [6, 6.07) is 12.5. The third-order valence-corrected chi connectivity index (χ3v) is 3.48. The van der Waals surface area contributed by atoms with Crippen molar-refractivity contribution in [2.24, 2.45) is 0 Å². The lowest BCUT2D eigenvalue weighted by Crippen LogP contribution is -2.00. The molecule has 0 spiro atoms. The van der Waals surface area contributed by atoms with E-state index in [0.29, 0.717) is 12.3 Å². The molecule has 0 unspecified atom stereocenters. The summed E-state index contributed by atoms with van der Waals surface area (Å²) in [5, 5.41) is 0. The summed E-state index contributed by atoms with van der Waals surface area (Å²) in [6.07, 6.45) is 0. The maximum atomic E-state index is 13.1. The van der Waals surface area contributed by atoms with Crippen LogP contribution in [-0.4, -0.2) is 12.4 Å². The van der Waals surface area contributed by atoms with Gasteiger partial charge in [0.15, 0.2) is 0 Å². The summed E-state index contributed by atoms with van der Waals surface area (Å²) < 4.78 is 18.7. The van der Waals surface area contributed by atoms with Crippen LogP contribution < -0.4 is 10.5 Å². The lowest BCUT2D eigenvalue weighted by Gasteiger charge is -2.07. The van der Waals surface area contributed by atoms with Gasteiger partial charge in [-0.1, -0.05) is 17.7 Å². The second-order valence-electron chi connectivity index (χ2n) is 4.23. The molecular formula is C15H16FNOS. The van der Waals surface area contributed by atoms with Crippen molar-refractivity contribution in [3.8, 4) is 5.75 Å². The second-order valence-corrected chi connectivity index (χ2v) is 5.40. The average molecular weight is 277 g/mol. The van der Waals surface area contributed by atoms with Crippen LogP contribution in [0.2, 0.25) is 0 Å². The van der Waals surface area contributed by atoms with Gasteiger partial charge in [-0.2, -0.15) is 0 Å². The van der Waals surface area contributed by atoms with E-state index in [0.717, 1.165) is 16.4 Å². The van der Waals surface area contributed by atoms with Crippen LogP contribution in [0.3, 0.4) is 0 Å². The molecule has 4 heteroatoms. The zero-order valence-electron chi connectivity index (χ0n) is 10.7. The zero-order valence-corrected chi connectivity index (χ0v) is 11.5. The third kappa shape index (κ3) is 4.48. The van der Waals surface area contributed by atoms with Gasteiger partial charge >= 0.3 is 0 Å². The van der Waals surface area contributed by atoms with Gasteiger partial charge in [-0.25, -0.2) is 4.39 Å². The van der Waals surface area contributed by atoms with Crippen LogP contribution in [0.1, 0.15) is 5.56 Å². The number of halogens is 1. The molecule has 0 aliphatic heterocycles. The van der Waals surface area contributed by atoms with Crippen molar-refractivity contribution in [1.29, 1.82) is 0 Å². The number of nitrogens with two attached hydrogens (primary N) is 1. The molecule has 0 fully saturated rings. The molecule has 0 amide bonds. The van der Waals surface area contributed by atoms with Gasteiger partial charge in [-0.3, -0.25) is 0 Å². The van der Waals surface area contributed by atoms with Gasteiger partial charge in [-0.05, 0) is 37.3 Å². The van der Waals surface area contributed by atoms with Crippen molar-refractivity contribution in [3.05, 3.63) is 53.8 Å². The highest BCUT2D eigenvalue weighted by atomic mass is 32.2. The Labute approximate surface area is 116 Å². The van der Waals surface area contributed by atoms with Crippen molar-refractivity contribution in [1.82, 2.24) is 0 Å². The second kappa shape index (κ2) is 6.48. The number of benzene rings is 2. The minimum absolute atomic E-state index is 0.304. The number of ether oxygens (including phenoxy) is 1. The Morgan fingerprint density at radius 1 is 1.16 bits per heavy atom. The summed E-state index contributed by atoms with van der Waals surface area (Å²) in [5.41, 5.74) is 7.24. The van der Waals surface area contributed by atoms with Gasteiger partial charge in [-0.15, -0.1) is 11.8 Å². The fourth-order valence-corrected chi connectivity index (χ4v) is 2.44. The standard InChI is InChI=1S/C15H16FNOS/c1-11-2-4-14(5-3-11)18-6-7-19-15-9-12(16)8-13(17)10-15/h2-5,8-10H,6-7,17H2,1H3. The predicted octanol–water partition coefficient (Wildman–Crippen LogP) is 3.89. The van der Waals surface area contributed by atoms with Crippen LogP contribution in [0.25, 0.3) is 0 Å². The van der Waals surface area contributed by atoms with Crippen molar-refractivity contribution in [2.75, 3.05) is 18.1 Å². The van der Waals surface area contributed by atoms with Crippen LogP contribution in [0.4, 0.5) is 10.1 Å². The first-order valence-electron chi connectivity index (χ1n) is 6.02. The Hall–Kier alpha value is -1.68. The molecule has 2 nitrogen and oxygen atoms in total. The van der Waals surface area contributed by atoms with E-state index in [2.05, 4.69) is 0 Å². The van der Waals surface area contributed by atoms with Gasteiger partial charge in [0.2, 0.25) is 0 Å². The molecule has 19 heavy (non-hydrogen) atoms. The maximum absolute atomic E-state index is 13.1. The Morgan fingerprint density at radius 2 is 1.89 bits per heavy atom. The first-order chi connectivity index (χ1) is 9.13. The summed E-state index contributed by atoms with van der Waals surface area (Å²) in [5.74, 6) is 1.29. The molecule has 2 rings (SSSR count). The van der Waals surface area contributed by atoms with E-state index < -0.39 is 0 Å². The monoisotopic (exact) mass is 277 g/mol. The number of anilines is 1. The van der Waals surface area contributed by atoms with Crippen molar-refractivity contribution < 1.29 is 9.13 Å². The number of thioether (sulfide) groups is 1. The fourth-order valence-electron chi connectivity index (χ4n) is 1.62. The minimum Gasteiger partial charge on any atom is -0.493 e. The Kier molecular flexibility index (Phi) is 4.68. The Balaban J connectivity index is 1.79. The molecule has 0 aromatic heterocycles. The Bertz CT molecular complexity index is 522. The van der Waals surface area contributed by atoms with E-state index in [4.69, 9.17) is 10.5 Å². The summed E-state index contributed by atoms with van der Waals surface area (Å²) >= 11 is 1.53. The number of aryl methyl sites for hydroxylation is 1. The van der Waals surface area contributed by atoms with Crippen LogP contribution in [0.5, 0.6) is 5.75 Å². The highest BCUT2D eigenvalue weighted by Gasteiger charge is 2.00. The smallest absolute Gasteiger partial charge is 0.126 e. The number of hydrogen-bond acceptors (Lipinski definition) is 3. The van der Waals surface area contributed by atoms with Crippen molar-refractivity contribution in [3.63, 3.8) is 0 Å². The van der Waals surface area contributed by atoms with Gasteiger partial charge in [0.25, 0.3) is 0 Å². The largest absolute Gasteiger partial charge is 0.493 e. The van der Waals surface area contributed by atoms with Crippen molar-refractivity contribution in [2.45, 2.75) is 11.8 Å². The zero-order chi connectivity index (χ0) is 13.7. The van der Waals surface area contributed by atoms with E-state index in [1.165, 1.54) is 29.5 Å². The van der Waals surface area contributed by atoms with Crippen LogP contribution >= 0.6 is 11.8 Å². The first-order valence-corrected chi connectivity index (χ1v) is 7.00. The normalized spacial score (nSPS) is 10.4. The summed E-state index contributed by atoms with van der Waals surface area (Å²) in [6.45, 7) is 2.61. The van der Waals surface area contributed by atoms with Crippen LogP contribution in [-0.2, 0) is 0 Å². The molecule has 0 bridgehead atoms. The molecule has 2 N–H and O–H groups in total. The predicted molar refractivity (Wildman–Crippen MR) is 78.2 cm³/mol. The van der Waals surface area contributed by atoms with Gasteiger partial charge < -0.3 is 10.5 Å². The molecule has 0 radical (unpaired) electrons. The van der Waals surface area contributed by atoms with Gasteiger partial charge in [0.05, 0.1) is 6.61 Å². The lowest BCUT2D eigenvalue weighted by atomic mass is 10.2. The van der Waals surface area contributed by atoms with Crippen LogP contribution in [0.15, 0.2) is 47.4 Å². The molecule has 0 heterocycles. The fraction of sp³-hybridized carbons (Fsp3) is 0.200. The molecule has 0 saturated heterocycles. The van der Waals surface area contributed by atoms with Crippen LogP contribution in [0, 0.1) is 12.7 Å². The molecule has 2 aromatic rings. The maximum Gasteiger partial charge on any atom is 0.126 e. The molecular weight excluding hydrogens is 261 g/mol. The lowest BCUT2D eigenvalue weighted by molar-refractivity contribution is 0.344.